The van der Waals surface area contributed by atoms with E-state index in [2.05, 4.69) is 5.32 Å². The van der Waals surface area contributed by atoms with Gasteiger partial charge in [-0.15, -0.1) is 11.3 Å². The number of carbonyl (C=O) groups excluding carboxylic acids is 2. The molecule has 1 aromatic carbocycles. The molecule has 10 nitrogen and oxygen atoms in total. The molecular weight excluding hydrogens is 635 g/mol. The lowest BCUT2D eigenvalue weighted by Gasteiger charge is -2.35. The number of benzene rings is 1. The zero-order valence-corrected chi connectivity index (χ0v) is 27.5. The van der Waals surface area contributed by atoms with Crippen LogP contribution in [0.15, 0.2) is 39.9 Å². The minimum atomic E-state index is -4.49. The summed E-state index contributed by atoms with van der Waals surface area (Å²) in [7, 11) is -2.28. The van der Waals surface area contributed by atoms with Gasteiger partial charge in [0.2, 0.25) is 5.91 Å². The number of aliphatic hydroxyl groups is 1. The smallest absolute Gasteiger partial charge is 0.389 e. The first-order chi connectivity index (χ1) is 21.1. The van der Waals surface area contributed by atoms with Crippen LogP contribution >= 0.6 is 11.3 Å². The van der Waals surface area contributed by atoms with Crippen LogP contribution < -0.4 is 10.1 Å². The molecule has 2 heterocycles. The van der Waals surface area contributed by atoms with Crippen molar-refractivity contribution in [2.75, 3.05) is 38.7 Å². The van der Waals surface area contributed by atoms with E-state index in [1.54, 1.807) is 18.4 Å². The van der Waals surface area contributed by atoms with Crippen LogP contribution in [0.3, 0.4) is 0 Å². The maximum Gasteiger partial charge on any atom is 0.389 e. The molecule has 0 saturated carbocycles. The van der Waals surface area contributed by atoms with Crippen molar-refractivity contribution in [3.63, 3.8) is 0 Å². The molecule has 252 valence electrons. The maximum atomic E-state index is 14.1. The third kappa shape index (κ3) is 10.7. The monoisotopic (exact) mass is 677 g/mol. The van der Waals surface area contributed by atoms with E-state index in [1.807, 2.05) is 13.8 Å². The molecule has 2 amide bonds. The highest BCUT2D eigenvalue weighted by Gasteiger charge is 2.33. The summed E-state index contributed by atoms with van der Waals surface area (Å²) in [5.74, 6) is -1.55. The highest BCUT2D eigenvalue weighted by molar-refractivity contribution is 7.91. The Kier molecular flexibility index (Phi) is 13.2. The highest BCUT2D eigenvalue weighted by atomic mass is 32.2. The molecule has 0 fully saturated rings. The number of ether oxygens (including phenoxy) is 2. The van der Waals surface area contributed by atoms with Crippen molar-refractivity contribution in [2.24, 2.45) is 5.92 Å². The van der Waals surface area contributed by atoms with Crippen LogP contribution in [0.1, 0.15) is 63.2 Å². The molecule has 3 rings (SSSR count). The molecular formula is C30H42F3N3O7S2. The first-order valence-electron chi connectivity index (χ1n) is 14.8. The van der Waals surface area contributed by atoms with E-state index in [4.69, 9.17) is 9.47 Å². The SMILES string of the molecule is C[C@@H]1CN([C@H](C)CO)C(=O)c2cc(NC(=O)CCC(F)(F)F)ccc2O[C@@H](C)CCCCO[C@@H]1CN(C)S(=O)(=O)c1cccs1. The van der Waals surface area contributed by atoms with Gasteiger partial charge in [-0.1, -0.05) is 13.0 Å². The van der Waals surface area contributed by atoms with E-state index in [-0.39, 0.29) is 52.9 Å². The summed E-state index contributed by atoms with van der Waals surface area (Å²) in [6.07, 6.45) is -5.41. The molecule has 0 bridgehead atoms. The number of aliphatic hydroxyl groups excluding tert-OH is 1. The number of carbonyl (C=O) groups is 2. The van der Waals surface area contributed by atoms with Gasteiger partial charge in [0.25, 0.3) is 15.9 Å². The quantitative estimate of drug-likeness (QED) is 0.377. The molecule has 0 unspecified atom stereocenters. The average molecular weight is 678 g/mol. The molecule has 2 N–H and O–H groups in total. The third-order valence-corrected chi connectivity index (χ3v) is 10.8. The average Bonchev–Trinajstić information content (AvgIpc) is 3.53. The van der Waals surface area contributed by atoms with Crippen molar-refractivity contribution in [1.29, 1.82) is 0 Å². The summed E-state index contributed by atoms with van der Waals surface area (Å²) in [6.45, 7) is 5.43. The van der Waals surface area contributed by atoms with Gasteiger partial charge in [-0.05, 0) is 62.8 Å². The van der Waals surface area contributed by atoms with E-state index >= 15 is 0 Å². The van der Waals surface area contributed by atoms with Gasteiger partial charge in [0.05, 0.1) is 36.8 Å². The van der Waals surface area contributed by atoms with Gasteiger partial charge in [-0.3, -0.25) is 9.59 Å². The molecule has 0 aliphatic carbocycles. The van der Waals surface area contributed by atoms with E-state index in [0.717, 1.165) is 17.8 Å². The fraction of sp³-hybridized carbons (Fsp3) is 0.600. The maximum absolute atomic E-state index is 14.1. The number of rotatable bonds is 9. The highest BCUT2D eigenvalue weighted by Crippen LogP contribution is 2.29. The Morgan fingerprint density at radius 3 is 2.62 bits per heavy atom. The van der Waals surface area contributed by atoms with Crippen LogP contribution in [0.4, 0.5) is 18.9 Å². The van der Waals surface area contributed by atoms with Crippen molar-refractivity contribution in [3.05, 3.63) is 41.3 Å². The van der Waals surface area contributed by atoms with Gasteiger partial charge in [0.1, 0.15) is 9.96 Å². The number of thiophene rings is 1. The molecule has 1 aliphatic rings. The molecule has 45 heavy (non-hydrogen) atoms. The molecule has 0 spiro atoms. The Hall–Kier alpha value is -2.72. The second-order valence-electron chi connectivity index (χ2n) is 11.4. The number of alkyl halides is 3. The summed E-state index contributed by atoms with van der Waals surface area (Å²) >= 11 is 1.11. The molecule has 4 atom stereocenters. The van der Waals surface area contributed by atoms with Crippen molar-refractivity contribution in [1.82, 2.24) is 9.21 Å². The van der Waals surface area contributed by atoms with Gasteiger partial charge < -0.3 is 24.8 Å². The second kappa shape index (κ2) is 16.2. The predicted molar refractivity (Wildman–Crippen MR) is 165 cm³/mol. The van der Waals surface area contributed by atoms with Gasteiger partial charge in [-0.2, -0.15) is 17.5 Å². The number of hydrogen-bond donors (Lipinski definition) is 2. The Morgan fingerprint density at radius 1 is 1.24 bits per heavy atom. The number of hydrogen-bond acceptors (Lipinski definition) is 8. The van der Waals surface area contributed by atoms with Crippen LogP contribution in [-0.2, 0) is 19.6 Å². The van der Waals surface area contributed by atoms with Crippen molar-refractivity contribution < 1.29 is 45.8 Å². The number of fused-ring (bicyclic) bond motifs is 1. The summed E-state index contributed by atoms with van der Waals surface area (Å²) in [6, 6.07) is 6.84. The first kappa shape index (κ1) is 36.7. The Labute approximate surface area is 266 Å². The Morgan fingerprint density at radius 2 is 1.98 bits per heavy atom. The zero-order chi connectivity index (χ0) is 33.4. The lowest BCUT2D eigenvalue weighted by atomic mass is 10.0. The van der Waals surface area contributed by atoms with E-state index in [1.165, 1.54) is 40.5 Å². The zero-order valence-electron chi connectivity index (χ0n) is 25.9. The predicted octanol–water partition coefficient (Wildman–Crippen LogP) is 5.15. The molecule has 0 saturated heterocycles. The Balaban J connectivity index is 1.94. The molecule has 1 aromatic heterocycles. The van der Waals surface area contributed by atoms with Crippen LogP contribution in [0.2, 0.25) is 0 Å². The Bertz CT molecular complexity index is 1370. The summed E-state index contributed by atoms with van der Waals surface area (Å²) in [5.41, 5.74) is 0.188. The number of anilines is 1. The minimum Gasteiger partial charge on any atom is -0.490 e. The van der Waals surface area contributed by atoms with Gasteiger partial charge >= 0.3 is 6.18 Å². The van der Waals surface area contributed by atoms with E-state index < -0.39 is 53.0 Å². The van der Waals surface area contributed by atoms with Crippen molar-refractivity contribution in [2.45, 2.75) is 81.5 Å². The summed E-state index contributed by atoms with van der Waals surface area (Å²) < 4.78 is 78.0. The number of nitrogens with zero attached hydrogens (tertiary/aromatic N) is 2. The minimum absolute atomic E-state index is 0.0289. The van der Waals surface area contributed by atoms with E-state index in [0.29, 0.717) is 19.4 Å². The summed E-state index contributed by atoms with van der Waals surface area (Å²) in [5, 5.41) is 14.2. The van der Waals surface area contributed by atoms with Gasteiger partial charge in [-0.25, -0.2) is 8.42 Å². The van der Waals surface area contributed by atoms with Crippen LogP contribution in [-0.4, -0.2) is 92.3 Å². The van der Waals surface area contributed by atoms with E-state index in [9.17, 15) is 36.3 Å². The fourth-order valence-corrected chi connectivity index (χ4v) is 7.24. The number of halogens is 3. The van der Waals surface area contributed by atoms with Crippen LogP contribution in [0.5, 0.6) is 5.75 Å². The van der Waals surface area contributed by atoms with Crippen LogP contribution in [0, 0.1) is 5.92 Å². The fourth-order valence-electron chi connectivity index (χ4n) is 4.86. The van der Waals surface area contributed by atoms with Crippen LogP contribution in [0.25, 0.3) is 0 Å². The normalized spacial score (nSPS) is 21.5. The number of amides is 2. The van der Waals surface area contributed by atoms with Gasteiger partial charge in [0.15, 0.2) is 0 Å². The molecule has 0 radical (unpaired) electrons. The number of nitrogens with one attached hydrogen (secondary N) is 1. The standard InChI is InChI=1S/C30H42F3N3O7S2/c1-20-17-36(21(2)19-37)29(39)24-16-23(34-27(38)12-13-30(31,32)33)10-11-25(24)43-22(3)8-5-6-14-42-26(20)18-35(4)45(40,41)28-9-7-15-44-28/h7,9-11,15-16,20-22,26,37H,5-6,8,12-14,17-19H2,1-4H3,(H,34,38)/t20-,21-,22+,26-/m1/s1. The lowest BCUT2D eigenvalue weighted by Crippen LogP contribution is -2.48. The molecule has 15 heteroatoms. The van der Waals surface area contributed by atoms with Crippen molar-refractivity contribution >= 4 is 38.9 Å². The lowest BCUT2D eigenvalue weighted by molar-refractivity contribution is -0.142. The molecule has 2 aromatic rings. The first-order valence-corrected chi connectivity index (χ1v) is 17.1. The number of likely N-dealkylation sites (N-methyl/N-ethyl adjacent to an activating group) is 1. The van der Waals surface area contributed by atoms with Gasteiger partial charge in [0, 0.05) is 44.8 Å². The van der Waals surface area contributed by atoms with Crippen molar-refractivity contribution in [3.8, 4) is 5.75 Å². The molecule has 1 aliphatic heterocycles. The third-order valence-electron chi connectivity index (χ3n) is 7.57. The number of sulfonamides is 1. The largest absolute Gasteiger partial charge is 0.490 e. The topological polar surface area (TPSA) is 125 Å². The summed E-state index contributed by atoms with van der Waals surface area (Å²) in [4.78, 5) is 27.8. The second-order valence-corrected chi connectivity index (χ2v) is 14.6.